The molecule has 2 aromatic heterocycles. The average Bonchev–Trinajstić information content (AvgIpc) is 3.14. The molecule has 0 aromatic carbocycles. The molecule has 12 heteroatoms. The van der Waals surface area contributed by atoms with Gasteiger partial charge in [0.25, 0.3) is 11.8 Å². The summed E-state index contributed by atoms with van der Waals surface area (Å²) >= 11 is 1.13. The number of rotatable bonds is 7. The second kappa shape index (κ2) is 8.69. The first-order chi connectivity index (χ1) is 14.3. The van der Waals surface area contributed by atoms with Gasteiger partial charge in [-0.1, -0.05) is 5.16 Å². The number of likely N-dealkylation sites (tertiary alicyclic amines) is 1. The number of nitrogens with zero attached hydrogens (tertiary/aromatic N) is 4. The number of amides is 2. The van der Waals surface area contributed by atoms with E-state index in [0.29, 0.717) is 5.56 Å². The fraction of sp³-hybridized carbons (Fsp3) is 0.222. The molecule has 0 aliphatic carbocycles. The summed E-state index contributed by atoms with van der Waals surface area (Å²) in [5.74, 6) is -2.48. The molecule has 2 amide bonds. The molecule has 0 bridgehead atoms. The fourth-order valence-corrected chi connectivity index (χ4v) is 3.24. The molecule has 0 spiro atoms. The summed E-state index contributed by atoms with van der Waals surface area (Å²) < 4.78 is 1.80. The van der Waals surface area contributed by atoms with Crippen molar-refractivity contribution in [2.24, 2.45) is 12.2 Å². The van der Waals surface area contributed by atoms with Gasteiger partial charge in [0.15, 0.2) is 23.2 Å². The van der Waals surface area contributed by atoms with Crippen LogP contribution in [0.1, 0.15) is 11.3 Å². The van der Waals surface area contributed by atoms with Crippen molar-refractivity contribution < 1.29 is 28.9 Å². The van der Waals surface area contributed by atoms with E-state index in [4.69, 9.17) is 5.73 Å². The first kappa shape index (κ1) is 20.9. The van der Waals surface area contributed by atoms with Crippen LogP contribution in [0.4, 0.5) is 5.13 Å². The number of carboxylic acid groups (broad SMARTS) is 1. The van der Waals surface area contributed by atoms with Gasteiger partial charge in [-0.2, -0.15) is 0 Å². The molecule has 0 saturated carbocycles. The quantitative estimate of drug-likeness (QED) is 0.173. The third-order valence-electron chi connectivity index (χ3n) is 4.21. The Labute approximate surface area is 175 Å². The highest BCUT2D eigenvalue weighted by Gasteiger charge is 2.42. The van der Waals surface area contributed by atoms with Crippen molar-refractivity contribution in [2.45, 2.75) is 6.04 Å². The predicted octanol–water partition coefficient (Wildman–Crippen LogP) is -0.647. The van der Waals surface area contributed by atoms with E-state index in [9.17, 15) is 19.5 Å². The topological polar surface area (TPSA) is 151 Å². The van der Waals surface area contributed by atoms with Crippen LogP contribution in [0.2, 0.25) is 0 Å². The SMILES string of the molecule is CO/N=C(/C(=O)NC1CN(/C(=C\c2cc[n+](C)cc2)C(=O)O)C1=O)c1csc(N)n1. The minimum atomic E-state index is -1.25. The number of hydrogen-bond donors (Lipinski definition) is 3. The van der Waals surface area contributed by atoms with Crippen molar-refractivity contribution in [1.82, 2.24) is 15.2 Å². The largest absolute Gasteiger partial charge is 0.477 e. The first-order valence-electron chi connectivity index (χ1n) is 8.65. The van der Waals surface area contributed by atoms with E-state index in [0.717, 1.165) is 16.2 Å². The van der Waals surface area contributed by atoms with Crippen LogP contribution in [-0.4, -0.2) is 58.2 Å². The third-order valence-corrected chi connectivity index (χ3v) is 4.89. The highest BCUT2D eigenvalue weighted by atomic mass is 32.1. The Kier molecular flexibility index (Phi) is 6.06. The number of carboxylic acids is 1. The van der Waals surface area contributed by atoms with Gasteiger partial charge in [0.2, 0.25) is 0 Å². The standard InChI is InChI=1S/C18H18N6O5S/c1-23-5-3-10(4-6-23)7-13(17(27)28)24-8-11(16(24)26)20-15(25)14(22-29-2)12-9-30-18(19)21-12/h3-7,9,11H,8H2,1-2H3,(H3-,19,20,21,25,27,28)/p+1/b22-14+. The number of nitrogens with one attached hydrogen (secondary N) is 1. The monoisotopic (exact) mass is 431 g/mol. The van der Waals surface area contributed by atoms with E-state index in [1.165, 1.54) is 18.6 Å². The van der Waals surface area contributed by atoms with Crippen LogP contribution in [0.3, 0.4) is 0 Å². The van der Waals surface area contributed by atoms with Gasteiger partial charge in [-0.25, -0.2) is 14.3 Å². The van der Waals surface area contributed by atoms with Crippen molar-refractivity contribution in [2.75, 3.05) is 19.4 Å². The minimum absolute atomic E-state index is 0.00276. The molecule has 11 nitrogen and oxygen atoms in total. The lowest BCUT2D eigenvalue weighted by molar-refractivity contribution is -0.671. The second-order valence-electron chi connectivity index (χ2n) is 6.30. The molecular formula is C18H19N6O5S+. The van der Waals surface area contributed by atoms with Gasteiger partial charge in [0.1, 0.15) is 31.6 Å². The first-order valence-corrected chi connectivity index (χ1v) is 9.53. The Bertz CT molecular complexity index is 1050. The molecule has 1 atom stereocenters. The number of nitrogens with two attached hydrogens (primary N) is 1. The lowest BCUT2D eigenvalue weighted by atomic mass is 10.0. The molecule has 1 aliphatic rings. The minimum Gasteiger partial charge on any atom is -0.477 e. The molecule has 1 aliphatic heterocycles. The lowest BCUT2D eigenvalue weighted by Gasteiger charge is -2.38. The van der Waals surface area contributed by atoms with Crippen LogP contribution in [0.5, 0.6) is 0 Å². The number of hydrogen-bond acceptors (Lipinski definition) is 8. The highest BCUT2D eigenvalue weighted by Crippen LogP contribution is 2.20. The van der Waals surface area contributed by atoms with Crippen LogP contribution < -0.4 is 15.6 Å². The summed E-state index contributed by atoms with van der Waals surface area (Å²) in [5.41, 5.74) is 6.10. The number of aryl methyl sites for hydroxylation is 1. The van der Waals surface area contributed by atoms with Gasteiger partial charge in [-0.3, -0.25) is 9.59 Å². The lowest BCUT2D eigenvalue weighted by Crippen LogP contribution is -2.64. The molecular weight excluding hydrogens is 412 g/mol. The number of aliphatic carboxylic acids is 1. The van der Waals surface area contributed by atoms with Crippen molar-refractivity contribution in [3.05, 3.63) is 46.9 Å². The number of nitrogen functional groups attached to an aromatic ring is 1. The van der Waals surface area contributed by atoms with Gasteiger partial charge >= 0.3 is 5.97 Å². The van der Waals surface area contributed by atoms with Crippen LogP contribution in [0.15, 0.2) is 40.8 Å². The van der Waals surface area contributed by atoms with Crippen LogP contribution in [-0.2, 0) is 26.3 Å². The van der Waals surface area contributed by atoms with E-state index >= 15 is 0 Å². The molecule has 1 unspecified atom stereocenters. The average molecular weight is 431 g/mol. The van der Waals surface area contributed by atoms with Gasteiger partial charge < -0.3 is 25.9 Å². The molecule has 3 heterocycles. The maximum atomic E-state index is 12.5. The van der Waals surface area contributed by atoms with Crippen LogP contribution in [0, 0.1) is 0 Å². The van der Waals surface area contributed by atoms with Crippen molar-refractivity contribution in [3.63, 3.8) is 0 Å². The van der Waals surface area contributed by atoms with Gasteiger partial charge in [0, 0.05) is 17.5 Å². The number of anilines is 1. The number of pyridine rings is 1. The number of aromatic nitrogens is 2. The molecule has 30 heavy (non-hydrogen) atoms. The number of β-lactam (4-membered cyclic amide) rings is 1. The number of carbonyl (C=O) groups is 3. The summed E-state index contributed by atoms with van der Waals surface area (Å²) in [6.45, 7) is 0.00276. The van der Waals surface area contributed by atoms with Crippen molar-refractivity contribution in [3.8, 4) is 0 Å². The maximum absolute atomic E-state index is 12.5. The van der Waals surface area contributed by atoms with Crippen molar-refractivity contribution in [1.29, 1.82) is 0 Å². The Hall–Kier alpha value is -3.80. The summed E-state index contributed by atoms with van der Waals surface area (Å²) in [6, 6.07) is 2.55. The Morgan fingerprint density at radius 1 is 1.47 bits per heavy atom. The normalized spacial score (nSPS) is 16.8. The zero-order valence-electron chi connectivity index (χ0n) is 16.1. The maximum Gasteiger partial charge on any atom is 0.352 e. The highest BCUT2D eigenvalue weighted by molar-refractivity contribution is 7.13. The van der Waals surface area contributed by atoms with E-state index in [1.54, 1.807) is 29.1 Å². The molecule has 3 rings (SSSR count). The fourth-order valence-electron chi connectivity index (χ4n) is 2.69. The van der Waals surface area contributed by atoms with Gasteiger partial charge in [0.05, 0.1) is 6.54 Å². The van der Waals surface area contributed by atoms with Crippen LogP contribution in [0.25, 0.3) is 6.08 Å². The number of oxime groups is 1. The van der Waals surface area contributed by atoms with E-state index in [2.05, 4.69) is 20.3 Å². The second-order valence-corrected chi connectivity index (χ2v) is 7.19. The molecule has 0 radical (unpaired) electrons. The summed E-state index contributed by atoms with van der Waals surface area (Å²) in [6.07, 6.45) is 4.91. The van der Waals surface area contributed by atoms with E-state index in [-0.39, 0.29) is 28.8 Å². The van der Waals surface area contributed by atoms with Crippen LogP contribution >= 0.6 is 11.3 Å². The third kappa shape index (κ3) is 4.43. The smallest absolute Gasteiger partial charge is 0.352 e. The summed E-state index contributed by atoms with van der Waals surface area (Å²) in [7, 11) is 3.10. The molecule has 1 fully saturated rings. The Morgan fingerprint density at radius 2 is 2.17 bits per heavy atom. The van der Waals surface area contributed by atoms with Gasteiger partial charge in [-0.05, 0) is 11.6 Å². The Morgan fingerprint density at radius 3 is 2.70 bits per heavy atom. The zero-order valence-corrected chi connectivity index (χ0v) is 16.9. The molecule has 2 aromatic rings. The molecule has 1 saturated heterocycles. The number of carbonyl (C=O) groups excluding carboxylic acids is 2. The molecule has 4 N–H and O–H groups in total. The van der Waals surface area contributed by atoms with Crippen molar-refractivity contribution >= 4 is 46.0 Å². The van der Waals surface area contributed by atoms with E-state index in [1.807, 2.05) is 7.05 Å². The Balaban J connectivity index is 1.71. The van der Waals surface area contributed by atoms with Gasteiger partial charge in [-0.15, -0.1) is 11.3 Å². The predicted molar refractivity (Wildman–Crippen MR) is 107 cm³/mol. The zero-order chi connectivity index (χ0) is 21.8. The summed E-state index contributed by atoms with van der Waals surface area (Å²) in [5, 5.41) is 17.5. The van der Waals surface area contributed by atoms with E-state index < -0.39 is 23.8 Å². The number of thiazole rings is 1. The molecule has 156 valence electrons. The summed E-state index contributed by atoms with van der Waals surface area (Å²) in [4.78, 5) is 46.4.